The van der Waals surface area contributed by atoms with Crippen molar-refractivity contribution >= 4 is 17.3 Å². The fourth-order valence-electron chi connectivity index (χ4n) is 2.51. The molecule has 1 aromatic rings. The van der Waals surface area contributed by atoms with Gasteiger partial charge in [0.25, 0.3) is 0 Å². The number of hydrogen-bond acceptors (Lipinski definition) is 3. The Morgan fingerprint density at radius 1 is 1.47 bits per heavy atom. The Morgan fingerprint density at radius 2 is 2.21 bits per heavy atom. The molecule has 1 atom stereocenters. The third kappa shape index (κ3) is 3.70. The summed E-state index contributed by atoms with van der Waals surface area (Å²) in [7, 11) is 6.13. The summed E-state index contributed by atoms with van der Waals surface area (Å²) in [6.07, 6.45) is 2.56. The van der Waals surface area contributed by atoms with E-state index >= 15 is 0 Å². The maximum Gasteiger partial charge on any atom is 0.193 e. The molecule has 1 aliphatic heterocycles. The first-order valence-corrected chi connectivity index (χ1v) is 7.80. The summed E-state index contributed by atoms with van der Waals surface area (Å²) < 4.78 is 0. The highest BCUT2D eigenvalue weighted by Gasteiger charge is 2.19. The number of nitrogens with zero attached hydrogens (tertiary/aromatic N) is 3. The number of likely N-dealkylation sites (N-methyl/N-ethyl adjacent to an activating group) is 1. The number of hydrogen-bond donors (Lipinski definition) is 1. The second kappa shape index (κ2) is 6.91. The summed E-state index contributed by atoms with van der Waals surface area (Å²) >= 11 is 1.76. The molecule has 1 aliphatic rings. The lowest BCUT2D eigenvalue weighted by Gasteiger charge is -2.27. The Morgan fingerprint density at radius 3 is 2.74 bits per heavy atom. The Labute approximate surface area is 120 Å². The van der Waals surface area contributed by atoms with Gasteiger partial charge in [-0.1, -0.05) is 0 Å². The van der Waals surface area contributed by atoms with Crippen molar-refractivity contribution in [2.75, 3.05) is 40.8 Å². The van der Waals surface area contributed by atoms with Crippen molar-refractivity contribution in [3.05, 3.63) is 22.4 Å². The fraction of sp³-hybridized carbons (Fsp3) is 0.643. The van der Waals surface area contributed by atoms with E-state index in [1.54, 1.807) is 11.3 Å². The average molecular weight is 280 g/mol. The summed E-state index contributed by atoms with van der Waals surface area (Å²) in [6, 6.07) is 2.60. The topological polar surface area (TPSA) is 30.9 Å². The highest BCUT2D eigenvalue weighted by Crippen LogP contribution is 2.20. The van der Waals surface area contributed by atoms with E-state index in [1.807, 2.05) is 7.05 Å². The van der Waals surface area contributed by atoms with Crippen molar-refractivity contribution in [2.45, 2.75) is 18.9 Å². The highest BCUT2D eigenvalue weighted by atomic mass is 32.1. The first-order chi connectivity index (χ1) is 9.22. The summed E-state index contributed by atoms with van der Waals surface area (Å²) in [5, 5.41) is 7.89. The molecular weight excluding hydrogens is 256 g/mol. The van der Waals surface area contributed by atoms with Crippen LogP contribution in [0.15, 0.2) is 21.8 Å². The largest absolute Gasteiger partial charge is 0.354 e. The zero-order valence-electron chi connectivity index (χ0n) is 12.1. The minimum atomic E-state index is 0.394. The van der Waals surface area contributed by atoms with Crippen LogP contribution in [-0.4, -0.2) is 56.5 Å². The summed E-state index contributed by atoms with van der Waals surface area (Å²) in [6.45, 7) is 3.16. The first kappa shape index (κ1) is 14.3. The van der Waals surface area contributed by atoms with E-state index in [0.29, 0.717) is 6.04 Å². The summed E-state index contributed by atoms with van der Waals surface area (Å²) in [5.74, 6) is 1.04. The average Bonchev–Trinajstić information content (AvgIpc) is 3.06. The normalized spacial score (nSPS) is 18.1. The Balaban J connectivity index is 1.94. The molecule has 1 aromatic heterocycles. The van der Waals surface area contributed by atoms with Crippen molar-refractivity contribution in [3.8, 4) is 0 Å². The van der Waals surface area contributed by atoms with Gasteiger partial charge in [0.2, 0.25) is 0 Å². The van der Waals surface area contributed by atoms with Crippen molar-refractivity contribution in [1.29, 1.82) is 0 Å². The number of thiophene rings is 1. The van der Waals surface area contributed by atoms with Gasteiger partial charge in [-0.25, -0.2) is 0 Å². The molecule has 0 bridgehead atoms. The molecule has 1 saturated heterocycles. The number of rotatable bonds is 4. The summed E-state index contributed by atoms with van der Waals surface area (Å²) in [4.78, 5) is 9.00. The SMILES string of the molecule is CN=C(NCC(c1ccsc1)N(C)C)N1CCCC1. The van der Waals surface area contributed by atoms with Gasteiger partial charge in [-0.05, 0) is 49.3 Å². The molecule has 1 fully saturated rings. The highest BCUT2D eigenvalue weighted by molar-refractivity contribution is 7.07. The Kier molecular flexibility index (Phi) is 5.22. The van der Waals surface area contributed by atoms with E-state index in [0.717, 1.165) is 25.6 Å². The molecule has 0 saturated carbocycles. The van der Waals surface area contributed by atoms with Gasteiger partial charge in [0.1, 0.15) is 0 Å². The third-order valence-corrected chi connectivity index (χ3v) is 4.32. The molecule has 0 radical (unpaired) electrons. The predicted octanol–water partition coefficient (Wildman–Crippen LogP) is 2.02. The fourth-order valence-corrected chi connectivity index (χ4v) is 3.22. The second-order valence-corrected chi connectivity index (χ2v) is 5.94. The lowest BCUT2D eigenvalue weighted by Crippen LogP contribution is -2.43. The number of aliphatic imine (C=N–C) groups is 1. The van der Waals surface area contributed by atoms with E-state index in [1.165, 1.54) is 18.4 Å². The number of likely N-dealkylation sites (tertiary alicyclic amines) is 1. The Bertz CT molecular complexity index is 394. The van der Waals surface area contributed by atoms with Gasteiger partial charge in [-0.3, -0.25) is 4.99 Å². The zero-order chi connectivity index (χ0) is 13.7. The van der Waals surface area contributed by atoms with Gasteiger partial charge in [0, 0.05) is 26.7 Å². The van der Waals surface area contributed by atoms with E-state index in [-0.39, 0.29) is 0 Å². The lowest BCUT2D eigenvalue weighted by atomic mass is 10.1. The maximum atomic E-state index is 4.40. The van der Waals surface area contributed by atoms with Gasteiger partial charge >= 0.3 is 0 Å². The van der Waals surface area contributed by atoms with Crippen LogP contribution in [0.25, 0.3) is 0 Å². The summed E-state index contributed by atoms with van der Waals surface area (Å²) in [5.41, 5.74) is 1.37. The van der Waals surface area contributed by atoms with Crippen molar-refractivity contribution in [1.82, 2.24) is 15.1 Å². The molecule has 0 aromatic carbocycles. The molecule has 0 aliphatic carbocycles. The van der Waals surface area contributed by atoms with Crippen LogP contribution in [0.1, 0.15) is 24.4 Å². The van der Waals surface area contributed by atoms with Crippen LogP contribution < -0.4 is 5.32 Å². The molecule has 2 heterocycles. The van der Waals surface area contributed by atoms with Crippen LogP contribution in [0.5, 0.6) is 0 Å². The molecule has 0 spiro atoms. The zero-order valence-corrected chi connectivity index (χ0v) is 12.9. The molecule has 0 amide bonds. The molecule has 4 nitrogen and oxygen atoms in total. The third-order valence-electron chi connectivity index (χ3n) is 3.62. The van der Waals surface area contributed by atoms with Gasteiger partial charge in [-0.2, -0.15) is 11.3 Å². The molecule has 2 rings (SSSR count). The molecule has 5 heteroatoms. The van der Waals surface area contributed by atoms with Crippen LogP contribution >= 0.6 is 11.3 Å². The van der Waals surface area contributed by atoms with E-state index in [4.69, 9.17) is 0 Å². The minimum Gasteiger partial charge on any atom is -0.354 e. The molecule has 1 N–H and O–H groups in total. The van der Waals surface area contributed by atoms with E-state index in [9.17, 15) is 0 Å². The maximum absolute atomic E-state index is 4.40. The van der Waals surface area contributed by atoms with Gasteiger partial charge in [0.15, 0.2) is 5.96 Å². The van der Waals surface area contributed by atoms with Gasteiger partial charge in [0.05, 0.1) is 6.04 Å². The molecule has 106 valence electrons. The standard InChI is InChI=1S/C14H24N4S/c1-15-14(18-7-4-5-8-18)16-10-13(17(2)3)12-6-9-19-11-12/h6,9,11,13H,4-5,7-8,10H2,1-3H3,(H,15,16). The molecule has 19 heavy (non-hydrogen) atoms. The quantitative estimate of drug-likeness (QED) is 0.676. The van der Waals surface area contributed by atoms with Crippen LogP contribution in [-0.2, 0) is 0 Å². The Hall–Kier alpha value is -1.07. The predicted molar refractivity (Wildman–Crippen MR) is 82.9 cm³/mol. The van der Waals surface area contributed by atoms with Gasteiger partial charge < -0.3 is 15.1 Å². The van der Waals surface area contributed by atoms with Crippen molar-refractivity contribution in [2.24, 2.45) is 4.99 Å². The van der Waals surface area contributed by atoms with Crippen LogP contribution in [0, 0.1) is 0 Å². The molecule has 1 unspecified atom stereocenters. The van der Waals surface area contributed by atoms with E-state index in [2.05, 4.69) is 51.0 Å². The number of guanidine groups is 1. The van der Waals surface area contributed by atoms with Crippen LogP contribution in [0.4, 0.5) is 0 Å². The minimum absolute atomic E-state index is 0.394. The van der Waals surface area contributed by atoms with E-state index < -0.39 is 0 Å². The lowest BCUT2D eigenvalue weighted by molar-refractivity contribution is 0.296. The smallest absolute Gasteiger partial charge is 0.193 e. The number of nitrogens with one attached hydrogen (secondary N) is 1. The van der Waals surface area contributed by atoms with Gasteiger partial charge in [-0.15, -0.1) is 0 Å². The molecular formula is C14H24N4S. The monoisotopic (exact) mass is 280 g/mol. The first-order valence-electron chi connectivity index (χ1n) is 6.86. The second-order valence-electron chi connectivity index (χ2n) is 5.16. The van der Waals surface area contributed by atoms with Crippen LogP contribution in [0.2, 0.25) is 0 Å². The van der Waals surface area contributed by atoms with Crippen molar-refractivity contribution in [3.63, 3.8) is 0 Å². The van der Waals surface area contributed by atoms with Crippen LogP contribution in [0.3, 0.4) is 0 Å². The van der Waals surface area contributed by atoms with Crippen molar-refractivity contribution < 1.29 is 0 Å².